The lowest BCUT2D eigenvalue weighted by atomic mass is 10.1. The predicted octanol–water partition coefficient (Wildman–Crippen LogP) is 7.99. The van der Waals surface area contributed by atoms with E-state index in [-0.39, 0.29) is 19.8 Å². The van der Waals surface area contributed by atoms with Crippen LogP contribution in [0.15, 0.2) is 78.4 Å². The number of benzene rings is 3. The van der Waals surface area contributed by atoms with E-state index in [0.29, 0.717) is 39.5 Å². The first-order valence-electron chi connectivity index (χ1n) is 12.4. The van der Waals surface area contributed by atoms with Gasteiger partial charge in [-0.25, -0.2) is 13.6 Å². The number of aryl methyl sites for hydroxylation is 1. The highest BCUT2D eigenvalue weighted by atomic mass is 19.1. The van der Waals surface area contributed by atoms with E-state index in [1.807, 2.05) is 57.0 Å². The number of halogens is 2. The van der Waals surface area contributed by atoms with Crippen molar-refractivity contribution in [1.29, 1.82) is 0 Å². The summed E-state index contributed by atoms with van der Waals surface area (Å²) < 4.78 is 44.8. The van der Waals surface area contributed by atoms with Crippen LogP contribution in [0.5, 0.6) is 17.2 Å². The van der Waals surface area contributed by atoms with Crippen LogP contribution in [0.3, 0.4) is 0 Å². The number of para-hydroxylation sites is 1. The maximum absolute atomic E-state index is 13.7. The number of carbonyl (C=O) groups excluding carboxylic acids is 1. The lowest BCUT2D eigenvalue weighted by molar-refractivity contribution is 0.285. The van der Waals surface area contributed by atoms with Crippen molar-refractivity contribution in [2.45, 2.75) is 41.2 Å². The van der Waals surface area contributed by atoms with Crippen molar-refractivity contribution in [2.24, 2.45) is 0 Å². The molecule has 0 aromatic heterocycles. The van der Waals surface area contributed by atoms with Crippen molar-refractivity contribution < 1.29 is 27.8 Å². The second-order valence-corrected chi connectivity index (χ2v) is 8.38. The van der Waals surface area contributed by atoms with Gasteiger partial charge in [0.25, 0.3) is 0 Å². The summed E-state index contributed by atoms with van der Waals surface area (Å²) >= 11 is 0. The Balaban J connectivity index is 0.00000247. The summed E-state index contributed by atoms with van der Waals surface area (Å²) in [5.41, 5.74) is 3.71. The van der Waals surface area contributed by atoms with Gasteiger partial charge in [-0.1, -0.05) is 56.8 Å². The molecule has 0 amide bonds. The maximum Gasteiger partial charge on any atom is 0.129 e. The minimum absolute atomic E-state index is 0.163. The van der Waals surface area contributed by atoms with Crippen molar-refractivity contribution in [3.8, 4) is 17.2 Å². The highest BCUT2D eigenvalue weighted by molar-refractivity contribution is 5.56. The number of rotatable bonds is 11. The van der Waals surface area contributed by atoms with Gasteiger partial charge >= 0.3 is 0 Å². The Labute approximate surface area is 223 Å². The zero-order valence-electron chi connectivity index (χ0n) is 22.6. The summed E-state index contributed by atoms with van der Waals surface area (Å²) in [4.78, 5) is 10.8. The molecule has 4 nitrogen and oxygen atoms in total. The van der Waals surface area contributed by atoms with E-state index in [1.54, 1.807) is 38.1 Å². The van der Waals surface area contributed by atoms with Crippen molar-refractivity contribution in [3.05, 3.63) is 112 Å². The molecule has 0 atom stereocenters. The molecule has 0 bridgehead atoms. The van der Waals surface area contributed by atoms with E-state index in [0.717, 1.165) is 17.2 Å². The third-order valence-corrected chi connectivity index (χ3v) is 5.37. The fourth-order valence-corrected chi connectivity index (χ4v) is 3.33. The van der Waals surface area contributed by atoms with Gasteiger partial charge in [0.05, 0.1) is 0 Å². The quantitative estimate of drug-likeness (QED) is 0.190. The van der Waals surface area contributed by atoms with Crippen molar-refractivity contribution in [3.63, 3.8) is 0 Å². The van der Waals surface area contributed by atoms with E-state index >= 15 is 0 Å². The average molecular weight is 521 g/mol. The molecule has 0 fully saturated rings. The molecule has 0 radical (unpaired) electrons. The van der Waals surface area contributed by atoms with Crippen molar-refractivity contribution >= 4 is 12.0 Å². The van der Waals surface area contributed by atoms with Crippen LogP contribution in [0.25, 0.3) is 6.08 Å². The van der Waals surface area contributed by atoms with Gasteiger partial charge in [-0.05, 0) is 61.2 Å². The molecule has 0 aliphatic heterocycles. The minimum Gasteiger partial charge on any atom is -0.489 e. The minimum atomic E-state index is -0.631. The molecule has 0 heterocycles. The molecule has 3 aromatic carbocycles. The fourth-order valence-electron chi connectivity index (χ4n) is 3.33. The molecular formula is C32H34F2O4. The van der Waals surface area contributed by atoms with Crippen LogP contribution in [0.4, 0.5) is 8.78 Å². The van der Waals surface area contributed by atoms with E-state index in [9.17, 15) is 13.6 Å². The SMILES string of the molecule is C=C(/C=C\c1cc(F)cc(F)c1C)COc1cccc(OCc2cccc(C)c2OCC(C)=C=O)c1.CC. The van der Waals surface area contributed by atoms with Crippen LogP contribution in [0.2, 0.25) is 0 Å². The highest BCUT2D eigenvalue weighted by Crippen LogP contribution is 2.27. The summed E-state index contributed by atoms with van der Waals surface area (Å²) in [6.45, 7) is 13.8. The Bertz CT molecular complexity index is 1320. The third kappa shape index (κ3) is 9.06. The highest BCUT2D eigenvalue weighted by Gasteiger charge is 2.09. The van der Waals surface area contributed by atoms with Crippen LogP contribution in [-0.4, -0.2) is 19.2 Å². The van der Waals surface area contributed by atoms with Gasteiger partial charge in [0, 0.05) is 23.3 Å². The average Bonchev–Trinajstić information content (AvgIpc) is 2.92. The Kier molecular flexibility index (Phi) is 12.0. The van der Waals surface area contributed by atoms with Gasteiger partial charge in [-0.2, -0.15) is 0 Å². The molecule has 0 unspecified atom stereocenters. The first kappa shape index (κ1) is 30.1. The monoisotopic (exact) mass is 520 g/mol. The summed E-state index contributed by atoms with van der Waals surface area (Å²) in [5.74, 6) is 2.48. The molecule has 3 rings (SSSR count). The van der Waals surface area contributed by atoms with E-state index in [1.165, 1.54) is 6.07 Å². The van der Waals surface area contributed by atoms with E-state index < -0.39 is 11.6 Å². The molecule has 0 aliphatic rings. The summed E-state index contributed by atoms with van der Waals surface area (Å²) in [6.07, 6.45) is 3.28. The molecule has 200 valence electrons. The van der Waals surface area contributed by atoms with Crippen LogP contribution >= 0.6 is 0 Å². The molecular weight excluding hydrogens is 486 g/mol. The first-order chi connectivity index (χ1) is 18.3. The maximum atomic E-state index is 13.7. The Hall–Kier alpha value is -4.15. The summed E-state index contributed by atoms with van der Waals surface area (Å²) in [6, 6.07) is 15.1. The van der Waals surface area contributed by atoms with E-state index in [4.69, 9.17) is 14.2 Å². The van der Waals surface area contributed by atoms with Crippen LogP contribution in [0, 0.1) is 25.5 Å². The third-order valence-electron chi connectivity index (χ3n) is 5.37. The zero-order chi connectivity index (χ0) is 28.1. The molecule has 0 saturated heterocycles. The number of ether oxygens (including phenoxy) is 3. The largest absolute Gasteiger partial charge is 0.489 e. The van der Waals surface area contributed by atoms with Gasteiger partial charge in [0.15, 0.2) is 0 Å². The Morgan fingerprint density at radius 2 is 1.63 bits per heavy atom. The zero-order valence-corrected chi connectivity index (χ0v) is 22.6. The van der Waals surface area contributed by atoms with Gasteiger partial charge in [0.1, 0.15) is 54.6 Å². The first-order valence-corrected chi connectivity index (χ1v) is 12.4. The Morgan fingerprint density at radius 3 is 2.34 bits per heavy atom. The Morgan fingerprint density at radius 1 is 0.947 bits per heavy atom. The predicted molar refractivity (Wildman–Crippen MR) is 148 cm³/mol. The summed E-state index contributed by atoms with van der Waals surface area (Å²) in [7, 11) is 0. The lowest BCUT2D eigenvalue weighted by Gasteiger charge is -2.15. The van der Waals surface area contributed by atoms with E-state index in [2.05, 4.69) is 6.58 Å². The topological polar surface area (TPSA) is 44.8 Å². The van der Waals surface area contributed by atoms with Gasteiger partial charge in [-0.3, -0.25) is 0 Å². The molecule has 6 heteroatoms. The van der Waals surface area contributed by atoms with Crippen LogP contribution in [-0.2, 0) is 11.4 Å². The van der Waals surface area contributed by atoms with Crippen LogP contribution < -0.4 is 14.2 Å². The molecule has 3 aromatic rings. The molecule has 0 spiro atoms. The smallest absolute Gasteiger partial charge is 0.129 e. The van der Waals surface area contributed by atoms with Gasteiger partial charge in [-0.15, -0.1) is 0 Å². The number of hydrogen-bond acceptors (Lipinski definition) is 4. The van der Waals surface area contributed by atoms with Gasteiger partial charge < -0.3 is 14.2 Å². The molecule has 0 N–H and O–H groups in total. The normalized spacial score (nSPS) is 10.3. The lowest BCUT2D eigenvalue weighted by Crippen LogP contribution is -2.05. The standard InChI is InChI=1S/C30H28F2O4.C2H6/c1-20(11-12-24-13-26(31)14-29(32)23(24)4)17-34-27-9-6-10-28(15-27)35-19-25-8-5-7-22(3)30(25)36-18-21(2)16-33;1-2/h5-15H,1,17-19H2,2-4H3;1-2H3/b12-11-;. The molecule has 38 heavy (non-hydrogen) atoms. The molecule has 0 aliphatic carbocycles. The second kappa shape index (κ2) is 15.2. The van der Waals surface area contributed by atoms with Gasteiger partial charge in [0.2, 0.25) is 0 Å². The fraction of sp³-hybridized carbons (Fsp3) is 0.250. The number of hydrogen-bond donors (Lipinski definition) is 0. The van der Waals surface area contributed by atoms with Crippen molar-refractivity contribution in [1.82, 2.24) is 0 Å². The van der Waals surface area contributed by atoms with Crippen molar-refractivity contribution in [2.75, 3.05) is 13.2 Å². The second-order valence-electron chi connectivity index (χ2n) is 8.38. The molecule has 0 saturated carbocycles. The summed E-state index contributed by atoms with van der Waals surface area (Å²) in [5, 5.41) is 0. The van der Waals surface area contributed by atoms with Crippen LogP contribution in [0.1, 0.15) is 43.0 Å².